The number of aryl methyl sites for hydroxylation is 1. The molecule has 3 heterocycles. The van der Waals surface area contributed by atoms with Crippen LogP contribution in [-0.4, -0.2) is 43.1 Å². The van der Waals surface area contributed by atoms with Gasteiger partial charge in [-0.25, -0.2) is 0 Å². The molecule has 3 saturated heterocycles. The Bertz CT molecular complexity index is 562. The Hall–Kier alpha value is -1.26. The van der Waals surface area contributed by atoms with Crippen LogP contribution in [0.15, 0.2) is 24.3 Å². The van der Waals surface area contributed by atoms with E-state index in [1.165, 1.54) is 12.8 Å². The van der Waals surface area contributed by atoms with Gasteiger partial charge in [-0.15, -0.1) is 12.4 Å². The fraction of sp³-hybridized carbons (Fsp3) is 0.611. The zero-order valence-electron chi connectivity index (χ0n) is 13.5. The second-order valence-electron chi connectivity index (χ2n) is 6.81. The van der Waals surface area contributed by atoms with Crippen LogP contribution in [0.1, 0.15) is 24.8 Å². The van der Waals surface area contributed by atoms with Crippen molar-refractivity contribution in [2.75, 3.05) is 20.2 Å². The molecule has 0 aliphatic carbocycles. The van der Waals surface area contributed by atoms with E-state index >= 15 is 0 Å². The van der Waals surface area contributed by atoms with Crippen LogP contribution < -0.4 is 10.1 Å². The van der Waals surface area contributed by atoms with Crippen LogP contribution in [0.25, 0.3) is 0 Å². The minimum Gasteiger partial charge on any atom is -0.496 e. The van der Waals surface area contributed by atoms with Gasteiger partial charge in [0, 0.05) is 31.6 Å². The second kappa shape index (κ2) is 6.70. The first-order valence-electron chi connectivity index (χ1n) is 8.43. The van der Waals surface area contributed by atoms with Crippen molar-refractivity contribution in [3.05, 3.63) is 29.8 Å². The number of halogens is 1. The number of methoxy groups -OCH3 is 1. The zero-order valence-corrected chi connectivity index (χ0v) is 14.3. The molecule has 4 nitrogen and oxygen atoms in total. The van der Waals surface area contributed by atoms with Gasteiger partial charge >= 0.3 is 0 Å². The third kappa shape index (κ3) is 2.72. The molecule has 5 heteroatoms. The third-order valence-corrected chi connectivity index (χ3v) is 5.86. The van der Waals surface area contributed by atoms with Gasteiger partial charge in [0.15, 0.2) is 0 Å². The quantitative estimate of drug-likeness (QED) is 0.917. The zero-order chi connectivity index (χ0) is 15.1. The van der Waals surface area contributed by atoms with Crippen molar-refractivity contribution < 1.29 is 9.53 Å². The molecule has 3 fully saturated rings. The van der Waals surface area contributed by atoms with E-state index in [1.807, 2.05) is 18.2 Å². The molecule has 1 aromatic carbocycles. The monoisotopic (exact) mass is 336 g/mol. The van der Waals surface area contributed by atoms with E-state index in [4.69, 9.17) is 4.74 Å². The predicted molar refractivity (Wildman–Crippen MR) is 92.1 cm³/mol. The molecule has 3 aliphatic heterocycles. The summed E-state index contributed by atoms with van der Waals surface area (Å²) in [6, 6.07) is 9.00. The highest BCUT2D eigenvalue weighted by molar-refractivity contribution is 5.85. The van der Waals surface area contributed by atoms with Gasteiger partial charge < -0.3 is 15.0 Å². The molecule has 0 radical (unpaired) electrons. The number of hydrogen-bond donors (Lipinski definition) is 1. The summed E-state index contributed by atoms with van der Waals surface area (Å²) in [7, 11) is 1.69. The van der Waals surface area contributed by atoms with Crippen molar-refractivity contribution in [1.29, 1.82) is 0 Å². The molecule has 1 aromatic rings. The van der Waals surface area contributed by atoms with Crippen molar-refractivity contribution in [2.24, 2.45) is 11.8 Å². The standard InChI is InChI=1S/C18H24N2O2.ClH/c1-22-17-5-3-2-4-12(17)6-9-18(21)20-15-7-8-16(20)14-11-19-10-13(14)15;/h2-5,13-16,19H,6-11H2,1H3;1H/t13-,14+,15-,16+;. The average molecular weight is 337 g/mol. The summed E-state index contributed by atoms with van der Waals surface area (Å²) in [5.41, 5.74) is 1.13. The Morgan fingerprint density at radius 3 is 2.52 bits per heavy atom. The van der Waals surface area contributed by atoms with Crippen LogP contribution in [0.4, 0.5) is 0 Å². The summed E-state index contributed by atoms with van der Waals surface area (Å²) in [6.07, 6.45) is 3.77. The Morgan fingerprint density at radius 2 is 1.87 bits per heavy atom. The second-order valence-corrected chi connectivity index (χ2v) is 6.81. The van der Waals surface area contributed by atoms with Gasteiger partial charge in [-0.05, 0) is 42.7 Å². The molecule has 0 saturated carbocycles. The predicted octanol–water partition coefficient (Wildman–Crippen LogP) is 2.26. The normalized spacial score (nSPS) is 30.9. The van der Waals surface area contributed by atoms with Crippen LogP contribution in [-0.2, 0) is 11.2 Å². The minimum atomic E-state index is 0. The maximum atomic E-state index is 12.8. The molecule has 4 atom stereocenters. The van der Waals surface area contributed by atoms with Crippen molar-refractivity contribution >= 4 is 18.3 Å². The van der Waals surface area contributed by atoms with Gasteiger partial charge in [0.2, 0.25) is 5.91 Å². The number of fused-ring (bicyclic) bond motifs is 5. The summed E-state index contributed by atoms with van der Waals surface area (Å²) >= 11 is 0. The lowest BCUT2D eigenvalue weighted by Gasteiger charge is -2.25. The summed E-state index contributed by atoms with van der Waals surface area (Å²) in [5.74, 6) is 2.64. The molecule has 4 rings (SSSR count). The lowest BCUT2D eigenvalue weighted by atomic mass is 9.82. The summed E-state index contributed by atoms with van der Waals surface area (Å²) in [4.78, 5) is 15.0. The van der Waals surface area contributed by atoms with E-state index in [1.54, 1.807) is 7.11 Å². The number of hydrogen-bond acceptors (Lipinski definition) is 3. The fourth-order valence-corrected chi connectivity index (χ4v) is 4.92. The van der Waals surface area contributed by atoms with Crippen molar-refractivity contribution in [1.82, 2.24) is 10.2 Å². The van der Waals surface area contributed by atoms with E-state index in [0.717, 1.165) is 30.8 Å². The highest BCUT2D eigenvalue weighted by Crippen LogP contribution is 2.47. The molecule has 0 aromatic heterocycles. The van der Waals surface area contributed by atoms with E-state index in [-0.39, 0.29) is 12.4 Å². The summed E-state index contributed by atoms with van der Waals surface area (Å²) < 4.78 is 5.39. The van der Waals surface area contributed by atoms with Crippen molar-refractivity contribution in [3.63, 3.8) is 0 Å². The van der Waals surface area contributed by atoms with Crippen molar-refractivity contribution in [2.45, 2.75) is 37.8 Å². The molecule has 3 aliphatic rings. The number of nitrogens with one attached hydrogen (secondary N) is 1. The first kappa shape index (κ1) is 16.6. The lowest BCUT2D eigenvalue weighted by Crippen LogP contribution is -2.39. The van der Waals surface area contributed by atoms with Gasteiger partial charge in [0.05, 0.1) is 7.11 Å². The highest BCUT2D eigenvalue weighted by Gasteiger charge is 2.55. The molecule has 0 spiro atoms. The van der Waals surface area contributed by atoms with Gasteiger partial charge in [-0.1, -0.05) is 18.2 Å². The molecule has 1 N–H and O–H groups in total. The molecular formula is C18H25ClN2O2. The molecule has 0 unspecified atom stereocenters. The first-order chi connectivity index (χ1) is 10.8. The van der Waals surface area contributed by atoms with Gasteiger partial charge in [0.25, 0.3) is 0 Å². The maximum absolute atomic E-state index is 12.8. The third-order valence-electron chi connectivity index (χ3n) is 5.86. The van der Waals surface area contributed by atoms with E-state index in [9.17, 15) is 4.79 Å². The largest absolute Gasteiger partial charge is 0.496 e. The number of para-hydroxylation sites is 1. The summed E-state index contributed by atoms with van der Waals surface area (Å²) in [6.45, 7) is 2.20. The van der Waals surface area contributed by atoms with Crippen LogP contribution in [0.5, 0.6) is 5.75 Å². The molecule has 2 bridgehead atoms. The topological polar surface area (TPSA) is 41.6 Å². The molecular weight excluding hydrogens is 312 g/mol. The average Bonchev–Trinajstić information content (AvgIpc) is 3.24. The van der Waals surface area contributed by atoms with E-state index in [2.05, 4.69) is 16.3 Å². The van der Waals surface area contributed by atoms with Crippen LogP contribution >= 0.6 is 12.4 Å². The van der Waals surface area contributed by atoms with Crippen molar-refractivity contribution in [3.8, 4) is 5.75 Å². The SMILES string of the molecule is COc1ccccc1CCC(=O)N1[C@@H]2CC[C@H]1[C@H]1CNC[C@H]12.Cl. The van der Waals surface area contributed by atoms with Gasteiger partial charge in [-0.3, -0.25) is 4.79 Å². The van der Waals surface area contributed by atoms with Crippen LogP contribution in [0.3, 0.4) is 0 Å². The number of benzene rings is 1. The lowest BCUT2D eigenvalue weighted by molar-refractivity contribution is -0.132. The van der Waals surface area contributed by atoms with Crippen LogP contribution in [0, 0.1) is 11.8 Å². The first-order valence-corrected chi connectivity index (χ1v) is 8.43. The number of ether oxygens (including phenoxy) is 1. The van der Waals surface area contributed by atoms with Crippen LogP contribution in [0.2, 0.25) is 0 Å². The maximum Gasteiger partial charge on any atom is 0.223 e. The molecule has 1 amide bonds. The smallest absolute Gasteiger partial charge is 0.223 e. The Labute approximate surface area is 144 Å². The number of rotatable bonds is 4. The van der Waals surface area contributed by atoms with E-state index < -0.39 is 0 Å². The summed E-state index contributed by atoms with van der Waals surface area (Å²) in [5, 5.41) is 3.50. The van der Waals surface area contributed by atoms with E-state index in [0.29, 0.717) is 36.2 Å². The Kier molecular flexibility index (Phi) is 4.83. The number of carbonyl (C=O) groups excluding carboxylic acids is 1. The molecule has 126 valence electrons. The minimum absolute atomic E-state index is 0. The number of nitrogens with zero attached hydrogens (tertiary/aromatic N) is 1. The Morgan fingerprint density at radius 1 is 1.22 bits per heavy atom. The van der Waals surface area contributed by atoms with Gasteiger partial charge in [0.1, 0.15) is 5.75 Å². The Balaban J connectivity index is 0.00000156. The highest BCUT2D eigenvalue weighted by atomic mass is 35.5. The van der Waals surface area contributed by atoms with Gasteiger partial charge in [-0.2, -0.15) is 0 Å². The number of carbonyl (C=O) groups is 1. The number of amides is 1. The fourth-order valence-electron chi connectivity index (χ4n) is 4.92. The molecule has 23 heavy (non-hydrogen) atoms.